The second-order valence-corrected chi connectivity index (χ2v) is 5.37. The van der Waals surface area contributed by atoms with Gasteiger partial charge in [-0.15, -0.1) is 0 Å². The third-order valence-corrected chi connectivity index (χ3v) is 3.45. The molecular formula is C12H19N5O. The summed E-state index contributed by atoms with van der Waals surface area (Å²) >= 11 is 0. The minimum Gasteiger partial charge on any atom is -0.409 e. The first-order chi connectivity index (χ1) is 8.53. The predicted molar refractivity (Wildman–Crippen MR) is 69.8 cm³/mol. The van der Waals surface area contributed by atoms with Gasteiger partial charge in [0.2, 0.25) is 0 Å². The highest BCUT2D eigenvalue weighted by Gasteiger charge is 2.27. The molecule has 1 aliphatic rings. The first-order valence-corrected chi connectivity index (χ1v) is 6.07. The maximum atomic E-state index is 8.77. The Bertz CT molecular complexity index is 448. The Kier molecular flexibility index (Phi) is 3.36. The van der Waals surface area contributed by atoms with E-state index in [2.05, 4.69) is 33.9 Å². The van der Waals surface area contributed by atoms with Gasteiger partial charge >= 0.3 is 0 Å². The summed E-state index contributed by atoms with van der Waals surface area (Å²) < 4.78 is 0. The summed E-state index contributed by atoms with van der Waals surface area (Å²) in [6.45, 7) is 6.37. The Morgan fingerprint density at radius 2 is 1.94 bits per heavy atom. The number of anilines is 1. The maximum Gasteiger partial charge on any atom is 0.192 e. The summed E-state index contributed by atoms with van der Waals surface area (Å²) in [5, 5.41) is 11.8. The predicted octanol–water partition coefficient (Wildman–Crippen LogP) is 1.20. The topological polar surface area (TPSA) is 87.6 Å². The molecule has 0 radical (unpaired) electrons. The van der Waals surface area contributed by atoms with Crippen LogP contribution in [-0.4, -0.2) is 34.1 Å². The van der Waals surface area contributed by atoms with Crippen LogP contribution in [0.15, 0.2) is 17.5 Å². The lowest BCUT2D eigenvalue weighted by Gasteiger charge is -2.37. The summed E-state index contributed by atoms with van der Waals surface area (Å²) in [5.41, 5.74) is 6.44. The van der Waals surface area contributed by atoms with E-state index >= 15 is 0 Å². The van der Waals surface area contributed by atoms with Crippen molar-refractivity contribution in [3.63, 3.8) is 0 Å². The van der Waals surface area contributed by atoms with E-state index in [1.54, 1.807) is 12.4 Å². The number of hydrogen-bond acceptors (Lipinski definition) is 5. The number of nitrogens with two attached hydrogens (primary N) is 1. The molecule has 98 valence electrons. The van der Waals surface area contributed by atoms with E-state index in [1.165, 1.54) is 0 Å². The molecule has 0 spiro atoms. The number of hydrogen-bond donors (Lipinski definition) is 2. The van der Waals surface area contributed by atoms with Gasteiger partial charge in [-0.05, 0) is 18.3 Å². The average molecular weight is 249 g/mol. The fourth-order valence-electron chi connectivity index (χ4n) is 2.11. The van der Waals surface area contributed by atoms with Crippen molar-refractivity contribution in [1.82, 2.24) is 9.97 Å². The summed E-state index contributed by atoms with van der Waals surface area (Å²) in [6.07, 6.45) is 5.37. The van der Waals surface area contributed by atoms with Gasteiger partial charge in [0, 0.05) is 25.5 Å². The lowest BCUT2D eigenvalue weighted by atomic mass is 9.82. The minimum atomic E-state index is 0.00272. The lowest BCUT2D eigenvalue weighted by Crippen LogP contribution is -2.39. The minimum absolute atomic E-state index is 0.00272. The molecule has 2 heterocycles. The van der Waals surface area contributed by atoms with Gasteiger partial charge < -0.3 is 15.8 Å². The molecule has 18 heavy (non-hydrogen) atoms. The van der Waals surface area contributed by atoms with Crippen LogP contribution in [0.25, 0.3) is 0 Å². The molecule has 1 fully saturated rings. The number of rotatable bonds is 2. The molecule has 0 aliphatic carbocycles. The van der Waals surface area contributed by atoms with Crippen molar-refractivity contribution in [2.75, 3.05) is 18.0 Å². The first kappa shape index (κ1) is 12.6. The molecule has 0 unspecified atom stereocenters. The number of nitrogens with zero attached hydrogens (tertiary/aromatic N) is 4. The molecule has 0 aromatic carbocycles. The Balaban J connectivity index is 2.24. The number of amidine groups is 1. The van der Waals surface area contributed by atoms with Gasteiger partial charge in [0.1, 0.15) is 0 Å². The van der Waals surface area contributed by atoms with E-state index in [0.717, 1.165) is 25.9 Å². The average Bonchev–Trinajstić information content (AvgIpc) is 2.38. The van der Waals surface area contributed by atoms with E-state index in [9.17, 15) is 0 Å². The van der Waals surface area contributed by atoms with Crippen molar-refractivity contribution in [3.05, 3.63) is 18.1 Å². The van der Waals surface area contributed by atoms with Crippen molar-refractivity contribution in [1.29, 1.82) is 0 Å². The van der Waals surface area contributed by atoms with Crippen LogP contribution in [0.4, 0.5) is 5.82 Å². The number of oxime groups is 1. The van der Waals surface area contributed by atoms with Gasteiger partial charge in [-0.25, -0.2) is 9.97 Å². The quantitative estimate of drug-likeness (QED) is 0.356. The van der Waals surface area contributed by atoms with Crippen molar-refractivity contribution in [2.45, 2.75) is 26.7 Å². The van der Waals surface area contributed by atoms with E-state index in [0.29, 0.717) is 16.9 Å². The highest BCUT2D eigenvalue weighted by atomic mass is 16.4. The molecule has 6 nitrogen and oxygen atoms in total. The van der Waals surface area contributed by atoms with Crippen LogP contribution in [0.1, 0.15) is 32.4 Å². The fourth-order valence-corrected chi connectivity index (χ4v) is 2.11. The van der Waals surface area contributed by atoms with E-state index < -0.39 is 0 Å². The summed E-state index contributed by atoms with van der Waals surface area (Å²) in [6, 6.07) is 0. The molecule has 1 aromatic heterocycles. The molecule has 0 bridgehead atoms. The van der Waals surface area contributed by atoms with Crippen molar-refractivity contribution in [3.8, 4) is 0 Å². The van der Waals surface area contributed by atoms with E-state index in [-0.39, 0.29) is 5.84 Å². The Hall–Kier alpha value is -1.85. The van der Waals surface area contributed by atoms with Gasteiger partial charge in [0.25, 0.3) is 0 Å². The highest BCUT2D eigenvalue weighted by molar-refractivity contribution is 5.99. The van der Waals surface area contributed by atoms with E-state index in [4.69, 9.17) is 10.9 Å². The molecule has 0 atom stereocenters. The summed E-state index contributed by atoms with van der Waals surface area (Å²) in [4.78, 5) is 10.6. The van der Waals surface area contributed by atoms with Crippen molar-refractivity contribution < 1.29 is 5.21 Å². The van der Waals surface area contributed by atoms with Crippen LogP contribution < -0.4 is 10.6 Å². The zero-order chi connectivity index (χ0) is 13.2. The summed E-state index contributed by atoms with van der Waals surface area (Å²) in [7, 11) is 0. The molecule has 1 saturated heterocycles. The van der Waals surface area contributed by atoms with Gasteiger partial charge in [0.15, 0.2) is 17.3 Å². The second kappa shape index (κ2) is 4.80. The zero-order valence-corrected chi connectivity index (χ0v) is 10.8. The Labute approximate surface area is 107 Å². The van der Waals surface area contributed by atoms with Crippen LogP contribution in [0.2, 0.25) is 0 Å². The number of aromatic nitrogens is 2. The van der Waals surface area contributed by atoms with Gasteiger partial charge in [-0.1, -0.05) is 19.0 Å². The van der Waals surface area contributed by atoms with E-state index in [1.807, 2.05) is 0 Å². The fraction of sp³-hybridized carbons (Fsp3) is 0.583. The molecule has 3 N–H and O–H groups in total. The van der Waals surface area contributed by atoms with Crippen LogP contribution in [-0.2, 0) is 0 Å². The van der Waals surface area contributed by atoms with Gasteiger partial charge in [-0.3, -0.25) is 0 Å². The monoisotopic (exact) mass is 249 g/mol. The highest BCUT2D eigenvalue weighted by Crippen LogP contribution is 2.32. The maximum absolute atomic E-state index is 8.77. The normalized spacial score (nSPS) is 19.9. The van der Waals surface area contributed by atoms with Crippen molar-refractivity contribution in [2.24, 2.45) is 16.3 Å². The lowest BCUT2D eigenvalue weighted by molar-refractivity contribution is 0.279. The molecule has 1 aromatic rings. The van der Waals surface area contributed by atoms with Gasteiger partial charge in [0.05, 0.1) is 0 Å². The number of piperidine rings is 1. The third-order valence-electron chi connectivity index (χ3n) is 3.45. The summed E-state index contributed by atoms with van der Waals surface area (Å²) in [5.74, 6) is 0.700. The van der Waals surface area contributed by atoms with Gasteiger partial charge in [-0.2, -0.15) is 0 Å². The second-order valence-electron chi connectivity index (χ2n) is 5.37. The molecular weight excluding hydrogens is 230 g/mol. The van der Waals surface area contributed by atoms with Crippen LogP contribution in [0, 0.1) is 5.41 Å². The molecule has 0 amide bonds. The molecule has 2 rings (SSSR count). The Morgan fingerprint density at radius 1 is 1.33 bits per heavy atom. The SMILES string of the molecule is CC1(C)CCN(c2nccnc2C(N)=NO)CC1. The van der Waals surface area contributed by atoms with Crippen LogP contribution >= 0.6 is 0 Å². The zero-order valence-electron chi connectivity index (χ0n) is 10.8. The smallest absolute Gasteiger partial charge is 0.192 e. The Morgan fingerprint density at radius 3 is 2.56 bits per heavy atom. The largest absolute Gasteiger partial charge is 0.409 e. The molecule has 6 heteroatoms. The van der Waals surface area contributed by atoms with Crippen molar-refractivity contribution >= 4 is 11.7 Å². The standard InChI is InChI=1S/C12H19N5O/c1-12(2)3-7-17(8-4-12)11-9(10(13)16-18)14-5-6-15-11/h5-6,18H,3-4,7-8H2,1-2H3,(H2,13,16). The molecule has 0 saturated carbocycles. The third kappa shape index (κ3) is 2.52. The molecule has 1 aliphatic heterocycles. The van der Waals surface area contributed by atoms with Crippen LogP contribution in [0.3, 0.4) is 0 Å². The van der Waals surface area contributed by atoms with Crippen LogP contribution in [0.5, 0.6) is 0 Å². The first-order valence-electron chi connectivity index (χ1n) is 6.07.